The van der Waals surface area contributed by atoms with Crippen molar-refractivity contribution in [2.24, 2.45) is 35.5 Å². The topological polar surface area (TPSA) is 133 Å². The molecule has 188 valence electrons. The number of hydrogen-bond donors (Lipinski definition) is 0. The highest BCUT2D eigenvalue weighted by atomic mass is 16.6. The average molecular weight is 502 g/mol. The van der Waals surface area contributed by atoms with Crippen molar-refractivity contribution < 1.29 is 33.6 Å². The Morgan fingerprint density at radius 2 is 1.43 bits per heavy atom. The van der Waals surface area contributed by atoms with Crippen LogP contribution in [0.25, 0.3) is 0 Å². The molecule has 0 unspecified atom stereocenters. The van der Waals surface area contributed by atoms with Gasteiger partial charge in [0, 0.05) is 17.7 Å². The van der Waals surface area contributed by atoms with Crippen LogP contribution in [0.4, 0.5) is 5.69 Å². The largest absolute Gasteiger partial charge is 0.457 e. The van der Waals surface area contributed by atoms with E-state index < -0.39 is 29.8 Å². The molecule has 2 bridgehead atoms. The number of esters is 1. The molecule has 1 saturated heterocycles. The van der Waals surface area contributed by atoms with Gasteiger partial charge in [-0.3, -0.25) is 34.2 Å². The SMILES string of the molecule is O=C(CN1C(=O)[C@H]2[C@@H]3C=C[C@H]([C@@H]4C[C@H]34)[C@@H]2C1=O)OCC(=O)c1ccc(Oc2ccc([N+](=O)[O-])cc2)cc1. The van der Waals surface area contributed by atoms with E-state index >= 15 is 0 Å². The Morgan fingerprint density at radius 3 is 1.97 bits per heavy atom. The summed E-state index contributed by atoms with van der Waals surface area (Å²) in [6, 6.07) is 11.7. The second-order valence-electron chi connectivity index (χ2n) is 9.88. The lowest BCUT2D eigenvalue weighted by atomic mass is 9.63. The van der Waals surface area contributed by atoms with E-state index in [1.54, 1.807) is 12.1 Å². The van der Waals surface area contributed by atoms with Crippen LogP contribution in [-0.2, 0) is 19.1 Å². The molecule has 6 atom stereocenters. The molecule has 10 heteroatoms. The fourth-order valence-electron chi connectivity index (χ4n) is 6.06. The van der Waals surface area contributed by atoms with Gasteiger partial charge in [-0.15, -0.1) is 0 Å². The van der Waals surface area contributed by atoms with Crippen LogP contribution in [0.3, 0.4) is 0 Å². The van der Waals surface area contributed by atoms with E-state index in [1.165, 1.54) is 36.4 Å². The van der Waals surface area contributed by atoms with Crippen molar-refractivity contribution in [1.82, 2.24) is 4.90 Å². The lowest BCUT2D eigenvalue weighted by Crippen LogP contribution is -2.40. The number of ether oxygens (including phenoxy) is 2. The van der Waals surface area contributed by atoms with Crippen molar-refractivity contribution in [3.05, 3.63) is 76.4 Å². The van der Waals surface area contributed by atoms with Crippen LogP contribution in [-0.4, -0.2) is 46.5 Å². The van der Waals surface area contributed by atoms with E-state index in [4.69, 9.17) is 9.47 Å². The van der Waals surface area contributed by atoms with E-state index in [0.717, 1.165) is 11.3 Å². The van der Waals surface area contributed by atoms with Crippen LogP contribution >= 0.6 is 0 Å². The molecule has 3 fully saturated rings. The number of amides is 2. The third-order valence-electron chi connectivity index (χ3n) is 7.87. The first-order valence-electron chi connectivity index (χ1n) is 12.1. The van der Waals surface area contributed by atoms with Gasteiger partial charge >= 0.3 is 5.97 Å². The average Bonchev–Trinajstić information content (AvgIpc) is 3.69. The Hall–Kier alpha value is -4.34. The van der Waals surface area contributed by atoms with Gasteiger partial charge in [0.1, 0.15) is 18.0 Å². The molecular weight excluding hydrogens is 480 g/mol. The maximum absolute atomic E-state index is 13.0. The molecule has 0 radical (unpaired) electrons. The van der Waals surface area contributed by atoms with E-state index in [0.29, 0.717) is 23.3 Å². The number of Topliss-reactive ketones (excluding diaryl/α,β-unsaturated/α-hetero) is 1. The number of carbonyl (C=O) groups excluding carboxylic acids is 4. The molecule has 5 aliphatic rings. The summed E-state index contributed by atoms with van der Waals surface area (Å²) in [6.07, 6.45) is 5.19. The zero-order valence-electron chi connectivity index (χ0n) is 19.5. The summed E-state index contributed by atoms with van der Waals surface area (Å²) in [7, 11) is 0. The van der Waals surface area contributed by atoms with Crippen LogP contribution in [0.1, 0.15) is 16.8 Å². The van der Waals surface area contributed by atoms with Crippen molar-refractivity contribution in [3.63, 3.8) is 0 Å². The first-order chi connectivity index (χ1) is 17.8. The zero-order chi connectivity index (χ0) is 25.8. The number of non-ortho nitro benzene ring substituents is 1. The van der Waals surface area contributed by atoms with Gasteiger partial charge in [0.15, 0.2) is 12.4 Å². The van der Waals surface area contributed by atoms with Gasteiger partial charge in [-0.1, -0.05) is 12.2 Å². The van der Waals surface area contributed by atoms with Crippen molar-refractivity contribution in [3.8, 4) is 11.5 Å². The number of nitro benzene ring substituents is 1. The molecule has 10 nitrogen and oxygen atoms in total. The van der Waals surface area contributed by atoms with Gasteiger partial charge in [-0.25, -0.2) is 0 Å². The van der Waals surface area contributed by atoms with Crippen molar-refractivity contribution in [2.45, 2.75) is 6.42 Å². The standard InChI is InChI=1S/C27H22N2O8/c30-22(14-1-5-16(6-2-14)37-17-7-3-15(4-8-17)29(34)35)13-36-23(31)12-28-26(32)24-18-9-10-19(21-11-20(18)21)25(24)27(28)33/h1-10,18-21,24-25H,11-13H2/t18-,19-,20-,21+,24+,25+/m1/s1. The van der Waals surface area contributed by atoms with Gasteiger partial charge in [-0.2, -0.15) is 0 Å². The minimum atomic E-state index is -0.808. The van der Waals surface area contributed by atoms with Gasteiger partial charge in [0.2, 0.25) is 11.8 Å². The molecule has 0 spiro atoms. The number of likely N-dealkylation sites (tertiary alicyclic amines) is 1. The normalized spacial score (nSPS) is 28.5. The Balaban J connectivity index is 1.01. The van der Waals surface area contributed by atoms with Crippen LogP contribution in [0, 0.1) is 45.6 Å². The first kappa shape index (κ1) is 23.1. The summed E-state index contributed by atoms with van der Waals surface area (Å²) < 4.78 is 10.7. The Labute approximate surface area is 211 Å². The molecule has 7 rings (SSSR count). The van der Waals surface area contributed by atoms with E-state index in [2.05, 4.69) is 12.2 Å². The molecule has 1 heterocycles. The molecule has 0 aromatic heterocycles. The predicted octanol–water partition coefficient (Wildman–Crippen LogP) is 3.17. The highest BCUT2D eigenvalue weighted by Gasteiger charge is 2.67. The van der Waals surface area contributed by atoms with Crippen molar-refractivity contribution in [2.75, 3.05) is 13.2 Å². The summed E-state index contributed by atoms with van der Waals surface area (Å²) >= 11 is 0. The minimum Gasteiger partial charge on any atom is -0.457 e. The molecular formula is C27H22N2O8. The molecule has 2 aromatic rings. The molecule has 2 aromatic carbocycles. The number of benzene rings is 2. The summed E-state index contributed by atoms with van der Waals surface area (Å²) in [6.45, 7) is -1.02. The molecule has 1 aliphatic heterocycles. The summed E-state index contributed by atoms with van der Waals surface area (Å²) in [5, 5.41) is 10.7. The molecule has 4 aliphatic carbocycles. The minimum absolute atomic E-state index is 0.0553. The number of imide groups is 1. The van der Waals surface area contributed by atoms with Crippen LogP contribution in [0.5, 0.6) is 11.5 Å². The number of nitro groups is 1. The van der Waals surface area contributed by atoms with Crippen molar-refractivity contribution in [1.29, 1.82) is 0 Å². The first-order valence-corrected chi connectivity index (χ1v) is 12.1. The van der Waals surface area contributed by atoms with Crippen LogP contribution < -0.4 is 4.74 Å². The lowest BCUT2D eigenvalue weighted by molar-refractivity contribution is -0.384. The van der Waals surface area contributed by atoms with E-state index in [9.17, 15) is 29.3 Å². The Bertz CT molecular complexity index is 1310. The van der Waals surface area contributed by atoms with Gasteiger partial charge < -0.3 is 9.47 Å². The lowest BCUT2D eigenvalue weighted by Gasteiger charge is -2.37. The maximum atomic E-state index is 13.0. The van der Waals surface area contributed by atoms with E-state index in [1.807, 2.05) is 0 Å². The van der Waals surface area contributed by atoms with Crippen LogP contribution in [0.2, 0.25) is 0 Å². The third-order valence-corrected chi connectivity index (χ3v) is 7.87. The number of carbonyl (C=O) groups is 4. The van der Waals surface area contributed by atoms with E-state index in [-0.39, 0.29) is 46.7 Å². The van der Waals surface area contributed by atoms with Gasteiger partial charge in [-0.05, 0) is 66.5 Å². The summed E-state index contributed by atoms with van der Waals surface area (Å²) in [4.78, 5) is 62.1. The quantitative estimate of drug-likeness (QED) is 0.134. The number of hydrogen-bond acceptors (Lipinski definition) is 8. The molecule has 37 heavy (non-hydrogen) atoms. The zero-order valence-corrected chi connectivity index (χ0v) is 19.5. The number of rotatable bonds is 8. The maximum Gasteiger partial charge on any atom is 0.326 e. The number of ketones is 1. The second-order valence-corrected chi connectivity index (χ2v) is 9.88. The second kappa shape index (κ2) is 8.65. The Morgan fingerprint density at radius 1 is 0.892 bits per heavy atom. The number of nitrogens with zero attached hydrogens (tertiary/aromatic N) is 2. The van der Waals surface area contributed by atoms with Gasteiger partial charge in [0.05, 0.1) is 16.8 Å². The molecule has 2 amide bonds. The predicted molar refractivity (Wildman–Crippen MR) is 126 cm³/mol. The fourth-order valence-corrected chi connectivity index (χ4v) is 6.06. The smallest absolute Gasteiger partial charge is 0.326 e. The Kier molecular flexibility index (Phi) is 5.40. The molecule has 0 N–H and O–H groups in total. The van der Waals surface area contributed by atoms with Crippen LogP contribution in [0.15, 0.2) is 60.7 Å². The van der Waals surface area contributed by atoms with Gasteiger partial charge in [0.25, 0.3) is 5.69 Å². The fraction of sp³-hybridized carbons (Fsp3) is 0.333. The third kappa shape index (κ3) is 3.98. The number of allylic oxidation sites excluding steroid dienone is 2. The highest BCUT2D eigenvalue weighted by molar-refractivity contribution is 6.08. The monoisotopic (exact) mass is 502 g/mol. The molecule has 2 saturated carbocycles. The highest BCUT2D eigenvalue weighted by Crippen LogP contribution is 2.65. The summed E-state index contributed by atoms with van der Waals surface area (Å²) in [5.41, 5.74) is 0.227. The summed E-state index contributed by atoms with van der Waals surface area (Å²) in [5.74, 6) is -0.744. The van der Waals surface area contributed by atoms with Crippen molar-refractivity contribution >= 4 is 29.3 Å².